The first-order valence-electron chi connectivity index (χ1n) is 7.96. The predicted molar refractivity (Wildman–Crippen MR) is 96.4 cm³/mol. The molecule has 1 saturated heterocycles. The summed E-state index contributed by atoms with van der Waals surface area (Å²) in [4.78, 5) is 14.3. The zero-order valence-electron chi connectivity index (χ0n) is 13.2. The number of carbonyl (C=O) groups is 1. The van der Waals surface area contributed by atoms with E-state index in [2.05, 4.69) is 15.5 Å². The Morgan fingerprint density at radius 1 is 1.12 bits per heavy atom. The van der Waals surface area contributed by atoms with Gasteiger partial charge in [-0.3, -0.25) is 4.79 Å². The van der Waals surface area contributed by atoms with Crippen LogP contribution >= 0.6 is 11.6 Å². The predicted octanol–water partition coefficient (Wildman–Crippen LogP) is 4.13. The van der Waals surface area contributed by atoms with Crippen LogP contribution in [0.15, 0.2) is 42.5 Å². The van der Waals surface area contributed by atoms with Crippen LogP contribution in [0.2, 0.25) is 5.02 Å². The number of halogens is 2. The van der Waals surface area contributed by atoms with E-state index in [1.807, 2.05) is 18.2 Å². The fourth-order valence-electron chi connectivity index (χ4n) is 2.82. The molecule has 0 aliphatic carbocycles. The van der Waals surface area contributed by atoms with Crippen molar-refractivity contribution < 1.29 is 9.18 Å². The molecule has 24 heavy (non-hydrogen) atoms. The third-order valence-corrected chi connectivity index (χ3v) is 4.23. The maximum atomic E-state index is 13.6. The third-order valence-electron chi connectivity index (χ3n) is 3.99. The SMILES string of the molecule is O=C(CNc1cc(Cl)ccc1N1CCCC1)Nc1ccccc1F. The summed E-state index contributed by atoms with van der Waals surface area (Å²) in [6.45, 7) is 2.03. The molecule has 2 aromatic carbocycles. The highest BCUT2D eigenvalue weighted by atomic mass is 35.5. The lowest BCUT2D eigenvalue weighted by atomic mass is 10.2. The Morgan fingerprint density at radius 3 is 2.62 bits per heavy atom. The lowest BCUT2D eigenvalue weighted by Gasteiger charge is -2.22. The lowest BCUT2D eigenvalue weighted by molar-refractivity contribution is -0.114. The monoisotopic (exact) mass is 347 g/mol. The molecule has 0 atom stereocenters. The number of hydrogen-bond acceptors (Lipinski definition) is 3. The molecule has 0 aromatic heterocycles. The molecule has 1 amide bonds. The van der Waals surface area contributed by atoms with Gasteiger partial charge in [-0.2, -0.15) is 0 Å². The Labute approximate surface area is 145 Å². The van der Waals surface area contributed by atoms with E-state index < -0.39 is 5.82 Å². The zero-order valence-corrected chi connectivity index (χ0v) is 13.9. The van der Waals surface area contributed by atoms with Gasteiger partial charge in [-0.15, -0.1) is 0 Å². The molecule has 3 rings (SSSR count). The average Bonchev–Trinajstić information content (AvgIpc) is 3.09. The number of hydrogen-bond donors (Lipinski definition) is 2. The molecule has 2 aromatic rings. The number of nitrogens with zero attached hydrogens (tertiary/aromatic N) is 1. The molecule has 126 valence electrons. The second-order valence-corrected chi connectivity index (χ2v) is 6.17. The molecule has 1 aliphatic heterocycles. The van der Waals surface area contributed by atoms with Crippen molar-refractivity contribution in [1.82, 2.24) is 0 Å². The van der Waals surface area contributed by atoms with Crippen molar-refractivity contribution in [2.45, 2.75) is 12.8 Å². The van der Waals surface area contributed by atoms with Gasteiger partial charge in [0.25, 0.3) is 0 Å². The van der Waals surface area contributed by atoms with Crippen molar-refractivity contribution in [3.05, 3.63) is 53.3 Å². The van der Waals surface area contributed by atoms with Crippen molar-refractivity contribution >= 4 is 34.6 Å². The zero-order chi connectivity index (χ0) is 16.9. The minimum Gasteiger partial charge on any atom is -0.374 e. The van der Waals surface area contributed by atoms with Crippen LogP contribution in [0.4, 0.5) is 21.5 Å². The summed E-state index contributed by atoms with van der Waals surface area (Å²) < 4.78 is 13.6. The van der Waals surface area contributed by atoms with E-state index in [9.17, 15) is 9.18 Å². The summed E-state index contributed by atoms with van der Waals surface area (Å²) in [5.41, 5.74) is 2.03. The molecular weight excluding hydrogens is 329 g/mol. The average molecular weight is 348 g/mol. The van der Waals surface area contributed by atoms with Crippen molar-refractivity contribution in [2.75, 3.05) is 35.2 Å². The van der Waals surface area contributed by atoms with Crippen LogP contribution < -0.4 is 15.5 Å². The van der Waals surface area contributed by atoms with Crippen LogP contribution in [0, 0.1) is 5.82 Å². The number of para-hydroxylation sites is 1. The first kappa shape index (κ1) is 16.6. The molecule has 4 nitrogen and oxygen atoms in total. The molecule has 1 fully saturated rings. The van der Waals surface area contributed by atoms with Gasteiger partial charge < -0.3 is 15.5 Å². The summed E-state index contributed by atoms with van der Waals surface area (Å²) in [5.74, 6) is -0.765. The van der Waals surface area contributed by atoms with Gasteiger partial charge in [-0.1, -0.05) is 23.7 Å². The van der Waals surface area contributed by atoms with Gasteiger partial charge in [0.2, 0.25) is 5.91 Å². The smallest absolute Gasteiger partial charge is 0.243 e. The third kappa shape index (κ3) is 3.97. The van der Waals surface area contributed by atoms with Gasteiger partial charge in [0.15, 0.2) is 0 Å². The normalized spacial score (nSPS) is 13.8. The van der Waals surface area contributed by atoms with E-state index in [1.54, 1.807) is 12.1 Å². The van der Waals surface area contributed by atoms with Crippen molar-refractivity contribution in [3.63, 3.8) is 0 Å². The molecule has 1 heterocycles. The first-order chi connectivity index (χ1) is 11.6. The molecule has 0 radical (unpaired) electrons. The van der Waals surface area contributed by atoms with E-state index in [-0.39, 0.29) is 18.1 Å². The van der Waals surface area contributed by atoms with Crippen molar-refractivity contribution in [2.24, 2.45) is 0 Å². The van der Waals surface area contributed by atoms with Gasteiger partial charge in [-0.25, -0.2) is 4.39 Å². The molecule has 0 unspecified atom stereocenters. The van der Waals surface area contributed by atoms with Gasteiger partial charge in [0, 0.05) is 18.1 Å². The summed E-state index contributed by atoms with van der Waals surface area (Å²) in [6, 6.07) is 11.7. The first-order valence-corrected chi connectivity index (χ1v) is 8.34. The highest BCUT2D eigenvalue weighted by Crippen LogP contribution is 2.31. The summed E-state index contributed by atoms with van der Waals surface area (Å²) in [5, 5.41) is 6.28. The van der Waals surface area contributed by atoms with Crippen LogP contribution in [0.5, 0.6) is 0 Å². The molecule has 0 saturated carbocycles. The van der Waals surface area contributed by atoms with Gasteiger partial charge in [-0.05, 0) is 43.2 Å². The fourth-order valence-corrected chi connectivity index (χ4v) is 2.99. The van der Waals surface area contributed by atoms with Crippen LogP contribution in [-0.2, 0) is 4.79 Å². The number of amides is 1. The molecule has 0 spiro atoms. The molecule has 2 N–H and O–H groups in total. The summed E-state index contributed by atoms with van der Waals surface area (Å²) >= 11 is 6.08. The molecular formula is C18H19ClFN3O. The number of benzene rings is 2. The summed E-state index contributed by atoms with van der Waals surface area (Å²) in [6.07, 6.45) is 2.33. The second kappa shape index (κ2) is 7.53. The number of carbonyl (C=O) groups excluding carboxylic acids is 1. The van der Waals surface area contributed by atoms with E-state index in [4.69, 9.17) is 11.6 Å². The topological polar surface area (TPSA) is 44.4 Å². The standard InChI is InChI=1S/C18H19ClFN3O/c19-13-7-8-17(23-9-3-4-10-23)16(11-13)21-12-18(24)22-15-6-2-1-5-14(15)20/h1-2,5-8,11,21H,3-4,9-10,12H2,(H,22,24). The fraction of sp³-hybridized carbons (Fsp3) is 0.278. The van der Waals surface area contributed by atoms with Crippen LogP contribution in [0.3, 0.4) is 0 Å². The number of rotatable bonds is 5. The van der Waals surface area contributed by atoms with Gasteiger partial charge in [0.05, 0.1) is 23.6 Å². The van der Waals surface area contributed by atoms with E-state index in [1.165, 1.54) is 12.1 Å². The Balaban J connectivity index is 1.66. The Hall–Kier alpha value is -2.27. The maximum absolute atomic E-state index is 13.6. The second-order valence-electron chi connectivity index (χ2n) is 5.74. The van der Waals surface area contributed by atoms with Crippen LogP contribution in [0.25, 0.3) is 0 Å². The van der Waals surface area contributed by atoms with Crippen molar-refractivity contribution in [3.8, 4) is 0 Å². The Morgan fingerprint density at radius 2 is 1.88 bits per heavy atom. The lowest BCUT2D eigenvalue weighted by Crippen LogP contribution is -2.24. The maximum Gasteiger partial charge on any atom is 0.243 e. The highest BCUT2D eigenvalue weighted by Gasteiger charge is 2.16. The molecule has 6 heteroatoms. The Bertz CT molecular complexity index is 732. The molecule has 1 aliphatic rings. The Kier molecular flexibility index (Phi) is 5.20. The number of nitrogens with one attached hydrogen (secondary N) is 2. The largest absolute Gasteiger partial charge is 0.374 e. The highest BCUT2D eigenvalue weighted by molar-refractivity contribution is 6.31. The molecule has 0 bridgehead atoms. The summed E-state index contributed by atoms with van der Waals surface area (Å²) in [7, 11) is 0. The van der Waals surface area contributed by atoms with Gasteiger partial charge >= 0.3 is 0 Å². The van der Waals surface area contributed by atoms with Crippen LogP contribution in [0.1, 0.15) is 12.8 Å². The van der Waals surface area contributed by atoms with Crippen molar-refractivity contribution in [1.29, 1.82) is 0 Å². The van der Waals surface area contributed by atoms with E-state index >= 15 is 0 Å². The quantitative estimate of drug-likeness (QED) is 0.854. The van der Waals surface area contributed by atoms with Gasteiger partial charge in [0.1, 0.15) is 5.82 Å². The van der Waals surface area contributed by atoms with E-state index in [0.717, 1.165) is 37.3 Å². The minimum atomic E-state index is -0.452. The number of anilines is 3. The van der Waals surface area contributed by atoms with Crippen LogP contribution in [-0.4, -0.2) is 25.5 Å². The van der Waals surface area contributed by atoms with E-state index in [0.29, 0.717) is 5.02 Å². The minimum absolute atomic E-state index is 0.0372.